The number of ether oxygens (including phenoxy) is 1. The van der Waals surface area contributed by atoms with Crippen LogP contribution in [0.1, 0.15) is 70.1 Å². The molecule has 0 saturated carbocycles. The summed E-state index contributed by atoms with van der Waals surface area (Å²) < 4.78 is 6.05. The molecule has 3 atom stereocenters. The summed E-state index contributed by atoms with van der Waals surface area (Å²) in [7, 11) is 0. The molecule has 0 saturated heterocycles. The SMILES string of the molecule is CC(C)C(c1ccc(OCc2ccc(C3C=CC=CC3C)cc2)cc1)C(C)(C)C. The topological polar surface area (TPSA) is 9.23 Å². The van der Waals surface area contributed by atoms with Crippen molar-refractivity contribution in [1.29, 1.82) is 0 Å². The zero-order valence-electron chi connectivity index (χ0n) is 18.9. The molecular formula is C28H36O. The van der Waals surface area contributed by atoms with E-state index in [1.807, 2.05) is 0 Å². The van der Waals surface area contributed by atoms with Gasteiger partial charge in [-0.3, -0.25) is 0 Å². The van der Waals surface area contributed by atoms with Crippen molar-refractivity contribution in [2.45, 2.75) is 60.0 Å². The summed E-state index contributed by atoms with van der Waals surface area (Å²) in [6, 6.07) is 17.6. The summed E-state index contributed by atoms with van der Waals surface area (Å²) in [5, 5.41) is 0. The van der Waals surface area contributed by atoms with Crippen molar-refractivity contribution in [3.8, 4) is 5.75 Å². The van der Waals surface area contributed by atoms with Crippen molar-refractivity contribution in [1.82, 2.24) is 0 Å². The van der Waals surface area contributed by atoms with Crippen molar-refractivity contribution in [2.24, 2.45) is 17.3 Å². The van der Waals surface area contributed by atoms with Crippen LogP contribution in [0, 0.1) is 17.3 Å². The molecule has 154 valence electrons. The van der Waals surface area contributed by atoms with Gasteiger partial charge in [-0.25, -0.2) is 0 Å². The van der Waals surface area contributed by atoms with Gasteiger partial charge in [-0.2, -0.15) is 0 Å². The van der Waals surface area contributed by atoms with Gasteiger partial charge in [0.1, 0.15) is 12.4 Å². The second-order valence-corrected chi connectivity index (χ2v) is 9.84. The van der Waals surface area contributed by atoms with E-state index in [1.54, 1.807) is 0 Å². The Morgan fingerprint density at radius 3 is 2.03 bits per heavy atom. The molecule has 1 aliphatic rings. The quantitative estimate of drug-likeness (QED) is 0.489. The van der Waals surface area contributed by atoms with Crippen LogP contribution in [-0.4, -0.2) is 0 Å². The van der Waals surface area contributed by atoms with Gasteiger partial charge in [0.05, 0.1) is 0 Å². The summed E-state index contributed by atoms with van der Waals surface area (Å²) in [5.74, 6) is 3.10. The van der Waals surface area contributed by atoms with Gasteiger partial charge in [0, 0.05) is 5.92 Å². The van der Waals surface area contributed by atoms with Crippen LogP contribution in [0.2, 0.25) is 0 Å². The minimum atomic E-state index is 0.249. The Kier molecular flexibility index (Phi) is 6.67. The molecule has 0 heterocycles. The van der Waals surface area contributed by atoms with Crippen molar-refractivity contribution in [2.75, 3.05) is 0 Å². The monoisotopic (exact) mass is 388 g/mol. The molecular weight excluding hydrogens is 352 g/mol. The first kappa shape index (κ1) is 21.4. The van der Waals surface area contributed by atoms with E-state index in [0.29, 0.717) is 30.3 Å². The van der Waals surface area contributed by atoms with Gasteiger partial charge < -0.3 is 4.74 Å². The lowest BCUT2D eigenvalue weighted by atomic mass is 9.70. The van der Waals surface area contributed by atoms with Crippen LogP contribution in [0.5, 0.6) is 5.75 Å². The van der Waals surface area contributed by atoms with Gasteiger partial charge in [-0.15, -0.1) is 0 Å². The largest absolute Gasteiger partial charge is 0.489 e. The number of allylic oxidation sites excluding steroid dienone is 4. The van der Waals surface area contributed by atoms with Gasteiger partial charge in [-0.1, -0.05) is 102 Å². The maximum Gasteiger partial charge on any atom is 0.119 e. The minimum absolute atomic E-state index is 0.249. The minimum Gasteiger partial charge on any atom is -0.489 e. The Bertz CT molecular complexity index is 831. The maximum atomic E-state index is 6.05. The lowest BCUT2D eigenvalue weighted by molar-refractivity contribution is 0.257. The Morgan fingerprint density at radius 2 is 1.48 bits per heavy atom. The van der Waals surface area contributed by atoms with Crippen molar-refractivity contribution >= 4 is 0 Å². The molecule has 1 nitrogen and oxygen atoms in total. The first-order valence-electron chi connectivity index (χ1n) is 10.9. The van der Waals surface area contributed by atoms with Gasteiger partial charge >= 0.3 is 0 Å². The Morgan fingerprint density at radius 1 is 0.862 bits per heavy atom. The third-order valence-corrected chi connectivity index (χ3v) is 6.02. The molecule has 0 bridgehead atoms. The Hall–Kier alpha value is -2.28. The highest BCUT2D eigenvalue weighted by Gasteiger charge is 2.28. The van der Waals surface area contributed by atoms with Crippen molar-refractivity contribution < 1.29 is 4.74 Å². The van der Waals surface area contributed by atoms with Gasteiger partial charge in [-0.05, 0) is 52.0 Å². The molecule has 0 radical (unpaired) electrons. The second-order valence-electron chi connectivity index (χ2n) is 9.84. The molecule has 2 aromatic carbocycles. The fraction of sp³-hybridized carbons (Fsp3) is 0.429. The Balaban J connectivity index is 1.61. The summed E-state index contributed by atoms with van der Waals surface area (Å²) in [6.07, 6.45) is 8.85. The van der Waals surface area contributed by atoms with Crippen LogP contribution in [0.4, 0.5) is 0 Å². The average molecular weight is 389 g/mol. The van der Waals surface area contributed by atoms with Crippen LogP contribution in [0.15, 0.2) is 72.8 Å². The molecule has 0 N–H and O–H groups in total. The molecule has 0 aliphatic heterocycles. The Labute approximate surface area is 177 Å². The number of benzene rings is 2. The lowest BCUT2D eigenvalue weighted by Crippen LogP contribution is -2.23. The number of hydrogen-bond donors (Lipinski definition) is 0. The second kappa shape index (κ2) is 9.03. The van der Waals surface area contributed by atoms with E-state index in [2.05, 4.69) is 114 Å². The summed E-state index contributed by atoms with van der Waals surface area (Å²) in [6.45, 7) is 14.5. The fourth-order valence-corrected chi connectivity index (χ4v) is 4.79. The van der Waals surface area contributed by atoms with Gasteiger partial charge in [0.25, 0.3) is 0 Å². The number of hydrogen-bond acceptors (Lipinski definition) is 1. The fourth-order valence-electron chi connectivity index (χ4n) is 4.79. The van der Waals surface area contributed by atoms with E-state index in [1.165, 1.54) is 16.7 Å². The predicted octanol–water partition coefficient (Wildman–Crippen LogP) is 7.90. The highest BCUT2D eigenvalue weighted by atomic mass is 16.5. The molecule has 2 aromatic rings. The van der Waals surface area contributed by atoms with Gasteiger partial charge in [0.15, 0.2) is 0 Å². The molecule has 0 amide bonds. The van der Waals surface area contributed by atoms with E-state index in [9.17, 15) is 0 Å². The van der Waals surface area contributed by atoms with E-state index < -0.39 is 0 Å². The van der Waals surface area contributed by atoms with Crippen LogP contribution < -0.4 is 4.74 Å². The van der Waals surface area contributed by atoms with Crippen LogP contribution >= 0.6 is 0 Å². The van der Waals surface area contributed by atoms with Gasteiger partial charge in [0.2, 0.25) is 0 Å². The molecule has 29 heavy (non-hydrogen) atoms. The number of rotatable bonds is 6. The normalized spacial score (nSPS) is 20.1. The first-order valence-corrected chi connectivity index (χ1v) is 10.9. The molecule has 0 spiro atoms. The zero-order valence-corrected chi connectivity index (χ0v) is 18.9. The van der Waals surface area contributed by atoms with Crippen molar-refractivity contribution in [3.63, 3.8) is 0 Å². The molecule has 0 fully saturated rings. The zero-order chi connectivity index (χ0) is 21.0. The van der Waals surface area contributed by atoms with Crippen LogP contribution in [0.25, 0.3) is 0 Å². The van der Waals surface area contributed by atoms with Crippen LogP contribution in [0.3, 0.4) is 0 Å². The summed E-state index contributed by atoms with van der Waals surface area (Å²) in [4.78, 5) is 0. The smallest absolute Gasteiger partial charge is 0.119 e. The lowest BCUT2D eigenvalue weighted by Gasteiger charge is -2.34. The molecule has 3 unspecified atom stereocenters. The third kappa shape index (κ3) is 5.41. The van der Waals surface area contributed by atoms with E-state index >= 15 is 0 Å². The summed E-state index contributed by atoms with van der Waals surface area (Å²) >= 11 is 0. The summed E-state index contributed by atoms with van der Waals surface area (Å²) in [5.41, 5.74) is 4.22. The molecule has 3 rings (SSSR count). The predicted molar refractivity (Wildman–Crippen MR) is 124 cm³/mol. The van der Waals surface area contributed by atoms with Crippen molar-refractivity contribution in [3.05, 3.63) is 89.5 Å². The highest BCUT2D eigenvalue weighted by molar-refractivity contribution is 5.34. The standard InChI is InChI=1S/C28H36O/c1-20(2)27(28(4,5)6)24-15-17-25(18-16-24)29-19-22-11-13-23(14-12-22)26-10-8-7-9-21(26)3/h7-18,20-21,26-27H,19H2,1-6H3. The maximum absolute atomic E-state index is 6.05. The van der Waals surface area contributed by atoms with Crippen LogP contribution in [-0.2, 0) is 6.61 Å². The highest BCUT2D eigenvalue weighted by Crippen LogP contribution is 2.41. The average Bonchev–Trinajstić information content (AvgIpc) is 2.67. The molecule has 1 heteroatoms. The van der Waals surface area contributed by atoms with E-state index in [-0.39, 0.29) is 5.41 Å². The molecule has 0 aromatic heterocycles. The third-order valence-electron chi connectivity index (χ3n) is 6.02. The first-order chi connectivity index (χ1) is 13.8. The van der Waals surface area contributed by atoms with E-state index in [0.717, 1.165) is 5.75 Å². The van der Waals surface area contributed by atoms with E-state index in [4.69, 9.17) is 4.74 Å². The molecule has 1 aliphatic carbocycles.